The largest absolute Gasteiger partial charge is 0.344 e. The fourth-order valence-corrected chi connectivity index (χ4v) is 5.79. The van der Waals surface area contributed by atoms with Crippen LogP contribution in [0.15, 0.2) is 29.2 Å². The quantitative estimate of drug-likeness (QED) is 0.815. The molecule has 2 N–H and O–H groups in total. The Kier molecular flexibility index (Phi) is 5.86. The second-order valence-electron chi connectivity index (χ2n) is 7.69. The van der Waals surface area contributed by atoms with E-state index in [0.29, 0.717) is 31.0 Å². The molecule has 1 fully saturated rings. The summed E-state index contributed by atoms with van der Waals surface area (Å²) in [4.78, 5) is 14.9. The number of carbonyl (C=O) groups is 1. The van der Waals surface area contributed by atoms with Crippen molar-refractivity contribution in [2.75, 3.05) is 20.1 Å². The Morgan fingerprint density at radius 2 is 1.76 bits per heavy atom. The molecule has 0 heterocycles. The van der Waals surface area contributed by atoms with Gasteiger partial charge in [-0.25, -0.2) is 8.42 Å². The van der Waals surface area contributed by atoms with Crippen LogP contribution >= 0.6 is 11.6 Å². The van der Waals surface area contributed by atoms with Gasteiger partial charge in [-0.1, -0.05) is 38.3 Å². The van der Waals surface area contributed by atoms with E-state index in [1.54, 1.807) is 19.2 Å². The first kappa shape index (κ1) is 20.2. The van der Waals surface area contributed by atoms with Gasteiger partial charge in [0.25, 0.3) is 0 Å². The molecule has 0 aromatic heterocycles. The topological polar surface area (TPSA) is 80.5 Å². The number of benzene rings is 1. The predicted molar refractivity (Wildman–Crippen MR) is 100 cm³/mol. The van der Waals surface area contributed by atoms with Crippen LogP contribution in [0.4, 0.5) is 0 Å². The zero-order chi connectivity index (χ0) is 18.9. The van der Waals surface area contributed by atoms with Gasteiger partial charge >= 0.3 is 0 Å². The lowest BCUT2D eigenvalue weighted by atomic mass is 9.92. The molecule has 25 heavy (non-hydrogen) atoms. The summed E-state index contributed by atoms with van der Waals surface area (Å²) in [6.45, 7) is 4.76. The second kappa shape index (κ2) is 7.25. The smallest absolute Gasteiger partial charge is 0.244 e. The van der Waals surface area contributed by atoms with E-state index in [4.69, 9.17) is 17.3 Å². The van der Waals surface area contributed by atoms with Crippen LogP contribution < -0.4 is 5.73 Å². The fraction of sp³-hybridized carbons (Fsp3) is 0.611. The van der Waals surface area contributed by atoms with Crippen molar-refractivity contribution in [2.24, 2.45) is 11.1 Å². The maximum absolute atomic E-state index is 13.3. The third-order valence-electron chi connectivity index (χ3n) is 5.00. The van der Waals surface area contributed by atoms with E-state index in [1.807, 2.05) is 13.8 Å². The first-order chi connectivity index (χ1) is 11.6. The summed E-state index contributed by atoms with van der Waals surface area (Å²) >= 11 is 5.88. The van der Waals surface area contributed by atoms with Gasteiger partial charge in [0.1, 0.15) is 0 Å². The average Bonchev–Trinajstić information content (AvgIpc) is 3.05. The van der Waals surface area contributed by atoms with E-state index in [1.165, 1.54) is 17.0 Å². The lowest BCUT2D eigenvalue weighted by Gasteiger charge is -2.36. The van der Waals surface area contributed by atoms with Crippen LogP contribution in [0.25, 0.3) is 0 Å². The third-order valence-corrected chi connectivity index (χ3v) is 7.76. The van der Waals surface area contributed by atoms with Crippen molar-refractivity contribution in [1.82, 2.24) is 4.90 Å². The predicted octanol–water partition coefficient (Wildman–Crippen LogP) is 2.87. The summed E-state index contributed by atoms with van der Waals surface area (Å²) < 4.78 is 25.3. The van der Waals surface area contributed by atoms with E-state index in [-0.39, 0.29) is 16.2 Å². The standard InChI is InChI=1S/C18H27ClN2O3S/c1-17(2,12-20)13-21(3)16(22)18(10-4-5-11-18)25(23,24)15-8-6-14(19)7-9-15/h6-9H,4-5,10-13,20H2,1-3H3. The number of hydrogen-bond acceptors (Lipinski definition) is 4. The minimum absolute atomic E-state index is 0.152. The Labute approximate surface area is 155 Å². The van der Waals surface area contributed by atoms with E-state index in [0.717, 1.165) is 12.8 Å². The molecule has 0 saturated heterocycles. The normalized spacial score (nSPS) is 17.5. The number of nitrogens with zero attached hydrogens (tertiary/aromatic N) is 1. The molecule has 0 atom stereocenters. The molecule has 1 aromatic carbocycles. The van der Waals surface area contributed by atoms with Gasteiger partial charge in [-0.2, -0.15) is 0 Å². The van der Waals surface area contributed by atoms with Crippen LogP contribution in [-0.4, -0.2) is 44.1 Å². The molecule has 1 amide bonds. The molecule has 0 unspecified atom stereocenters. The molecule has 0 spiro atoms. The van der Waals surface area contributed by atoms with Crippen LogP contribution in [0.2, 0.25) is 5.02 Å². The maximum atomic E-state index is 13.3. The lowest BCUT2D eigenvalue weighted by Crippen LogP contribution is -2.53. The van der Waals surface area contributed by atoms with Crippen molar-refractivity contribution < 1.29 is 13.2 Å². The third kappa shape index (κ3) is 3.86. The molecule has 0 aliphatic heterocycles. The number of halogens is 1. The van der Waals surface area contributed by atoms with E-state index < -0.39 is 14.6 Å². The Bertz CT molecular complexity index is 723. The first-order valence-electron chi connectivity index (χ1n) is 8.52. The molecule has 7 heteroatoms. The van der Waals surface area contributed by atoms with Crippen molar-refractivity contribution in [1.29, 1.82) is 0 Å². The molecular formula is C18H27ClN2O3S. The van der Waals surface area contributed by atoms with Gasteiger partial charge in [0.15, 0.2) is 14.6 Å². The molecule has 1 aliphatic rings. The molecule has 1 aliphatic carbocycles. The van der Waals surface area contributed by atoms with Crippen molar-refractivity contribution in [3.8, 4) is 0 Å². The number of hydrogen-bond donors (Lipinski definition) is 1. The number of amides is 1. The molecule has 140 valence electrons. The maximum Gasteiger partial charge on any atom is 0.244 e. The van der Waals surface area contributed by atoms with Gasteiger partial charge in [0, 0.05) is 18.6 Å². The minimum atomic E-state index is -3.80. The van der Waals surface area contributed by atoms with E-state index in [9.17, 15) is 13.2 Å². The van der Waals surface area contributed by atoms with Crippen LogP contribution in [0, 0.1) is 5.41 Å². The Hall–Kier alpha value is -1.11. The van der Waals surface area contributed by atoms with Gasteiger partial charge in [-0.05, 0) is 49.1 Å². The molecular weight excluding hydrogens is 360 g/mol. The summed E-state index contributed by atoms with van der Waals surface area (Å²) in [6, 6.07) is 6.05. The second-order valence-corrected chi connectivity index (χ2v) is 10.4. The molecule has 0 bridgehead atoms. The molecule has 1 aromatic rings. The van der Waals surface area contributed by atoms with Crippen molar-refractivity contribution >= 4 is 27.3 Å². The summed E-state index contributed by atoms with van der Waals surface area (Å²) in [7, 11) is -2.14. The zero-order valence-electron chi connectivity index (χ0n) is 15.1. The lowest BCUT2D eigenvalue weighted by molar-refractivity contribution is -0.133. The van der Waals surface area contributed by atoms with Gasteiger partial charge in [-0.3, -0.25) is 4.79 Å². The highest BCUT2D eigenvalue weighted by Gasteiger charge is 2.54. The zero-order valence-corrected chi connectivity index (χ0v) is 16.7. The van der Waals surface area contributed by atoms with E-state index >= 15 is 0 Å². The fourth-order valence-electron chi connectivity index (χ4n) is 3.51. The monoisotopic (exact) mass is 386 g/mol. The molecule has 1 saturated carbocycles. The van der Waals surface area contributed by atoms with Gasteiger partial charge < -0.3 is 10.6 Å². The van der Waals surface area contributed by atoms with Gasteiger partial charge in [0.05, 0.1) is 4.90 Å². The number of carbonyl (C=O) groups excluding carboxylic acids is 1. The Balaban J connectivity index is 2.41. The van der Waals surface area contributed by atoms with Crippen molar-refractivity contribution in [3.63, 3.8) is 0 Å². The Morgan fingerprint density at radius 3 is 2.24 bits per heavy atom. The molecule has 5 nitrogen and oxygen atoms in total. The minimum Gasteiger partial charge on any atom is -0.344 e. The summed E-state index contributed by atoms with van der Waals surface area (Å²) in [5, 5.41) is 0.465. The SMILES string of the molecule is CN(CC(C)(C)CN)C(=O)C1(S(=O)(=O)c2ccc(Cl)cc2)CCCC1. The van der Waals surface area contributed by atoms with E-state index in [2.05, 4.69) is 0 Å². The number of rotatable bonds is 6. The highest BCUT2D eigenvalue weighted by atomic mass is 35.5. The highest BCUT2D eigenvalue weighted by Crippen LogP contribution is 2.42. The van der Waals surface area contributed by atoms with Crippen LogP contribution in [-0.2, 0) is 14.6 Å². The van der Waals surface area contributed by atoms with Crippen molar-refractivity contribution in [3.05, 3.63) is 29.3 Å². The molecule has 2 rings (SSSR count). The summed E-state index contributed by atoms with van der Waals surface area (Å²) in [6.07, 6.45) is 2.16. The van der Waals surface area contributed by atoms with Gasteiger partial charge in [0.2, 0.25) is 5.91 Å². The first-order valence-corrected chi connectivity index (χ1v) is 10.4. The number of nitrogens with two attached hydrogens (primary N) is 1. The van der Waals surface area contributed by atoms with Crippen LogP contribution in [0.5, 0.6) is 0 Å². The summed E-state index contributed by atoms with van der Waals surface area (Å²) in [5.41, 5.74) is 5.49. The number of sulfone groups is 1. The summed E-state index contributed by atoms with van der Waals surface area (Å²) in [5.74, 6) is -0.332. The Morgan fingerprint density at radius 1 is 1.24 bits per heavy atom. The average molecular weight is 387 g/mol. The van der Waals surface area contributed by atoms with Crippen LogP contribution in [0.3, 0.4) is 0 Å². The molecule has 0 radical (unpaired) electrons. The van der Waals surface area contributed by atoms with Gasteiger partial charge in [-0.15, -0.1) is 0 Å². The highest BCUT2D eigenvalue weighted by molar-refractivity contribution is 7.93. The van der Waals surface area contributed by atoms with Crippen molar-refractivity contribution in [2.45, 2.75) is 49.2 Å². The van der Waals surface area contributed by atoms with Crippen LogP contribution in [0.1, 0.15) is 39.5 Å².